The summed E-state index contributed by atoms with van der Waals surface area (Å²) < 4.78 is 10.3. The molecule has 1 N–H and O–H groups in total. The van der Waals surface area contributed by atoms with Crippen LogP contribution in [0.15, 0.2) is 47.0 Å². The third kappa shape index (κ3) is 4.63. The second-order valence-electron chi connectivity index (χ2n) is 5.71. The standard InChI is InChI=1S/C18H15ClN4O5/c1-27-15-7-6-13(23(25)26)10-14(15)20-16(24)8-9-17-21-18(22-28-17)11-2-4-12(19)5-3-11/h2-7,10H,8-9H2,1H3,(H,20,24). The number of rotatable bonds is 7. The molecule has 0 spiro atoms. The van der Waals surface area contributed by atoms with Gasteiger partial charge in [-0.15, -0.1) is 0 Å². The second-order valence-corrected chi connectivity index (χ2v) is 6.14. The fourth-order valence-electron chi connectivity index (χ4n) is 2.41. The van der Waals surface area contributed by atoms with Crippen LogP contribution in [0.3, 0.4) is 0 Å². The minimum Gasteiger partial charge on any atom is -0.495 e. The maximum absolute atomic E-state index is 12.2. The first kappa shape index (κ1) is 19.3. The number of aromatic nitrogens is 2. The molecule has 3 rings (SSSR count). The van der Waals surface area contributed by atoms with Crippen LogP contribution >= 0.6 is 11.6 Å². The second kappa shape index (κ2) is 8.49. The van der Waals surface area contributed by atoms with Crippen molar-refractivity contribution in [2.45, 2.75) is 12.8 Å². The number of carbonyl (C=O) groups is 1. The van der Waals surface area contributed by atoms with Crippen LogP contribution in [0.4, 0.5) is 11.4 Å². The summed E-state index contributed by atoms with van der Waals surface area (Å²) in [6.45, 7) is 0. The van der Waals surface area contributed by atoms with Crippen LogP contribution in [0.5, 0.6) is 5.75 Å². The van der Waals surface area contributed by atoms with Crippen molar-refractivity contribution < 1.29 is 19.0 Å². The van der Waals surface area contributed by atoms with E-state index in [2.05, 4.69) is 15.5 Å². The lowest BCUT2D eigenvalue weighted by molar-refractivity contribution is -0.384. The largest absolute Gasteiger partial charge is 0.495 e. The molecule has 1 heterocycles. The maximum Gasteiger partial charge on any atom is 0.271 e. The number of halogens is 1. The van der Waals surface area contributed by atoms with E-state index in [1.807, 2.05) is 0 Å². The van der Waals surface area contributed by atoms with Crippen molar-refractivity contribution in [3.8, 4) is 17.1 Å². The summed E-state index contributed by atoms with van der Waals surface area (Å²) in [7, 11) is 1.41. The number of benzene rings is 2. The first-order chi connectivity index (χ1) is 13.5. The van der Waals surface area contributed by atoms with Gasteiger partial charge in [-0.2, -0.15) is 4.98 Å². The minimum absolute atomic E-state index is 0.0497. The number of non-ortho nitro benzene ring substituents is 1. The van der Waals surface area contributed by atoms with Gasteiger partial charge < -0.3 is 14.6 Å². The third-order valence-corrected chi connectivity index (χ3v) is 4.06. The Labute approximate surface area is 164 Å². The number of nitro groups is 1. The van der Waals surface area contributed by atoms with Gasteiger partial charge in [0.1, 0.15) is 5.75 Å². The van der Waals surface area contributed by atoms with Gasteiger partial charge in [0.2, 0.25) is 17.6 Å². The highest BCUT2D eigenvalue weighted by atomic mass is 35.5. The van der Waals surface area contributed by atoms with Crippen LogP contribution < -0.4 is 10.1 Å². The number of amides is 1. The SMILES string of the molecule is COc1ccc([N+](=O)[O-])cc1NC(=O)CCc1nc(-c2ccc(Cl)cc2)no1. The van der Waals surface area contributed by atoms with Crippen molar-refractivity contribution in [2.75, 3.05) is 12.4 Å². The summed E-state index contributed by atoms with van der Waals surface area (Å²) in [5.74, 6) is 0.644. The fourth-order valence-corrected chi connectivity index (χ4v) is 2.54. The van der Waals surface area contributed by atoms with Crippen LogP contribution in [0.25, 0.3) is 11.4 Å². The zero-order chi connectivity index (χ0) is 20.1. The van der Waals surface area contributed by atoms with Crippen LogP contribution in [-0.2, 0) is 11.2 Å². The Morgan fingerprint density at radius 3 is 2.71 bits per heavy atom. The summed E-state index contributed by atoms with van der Waals surface area (Å²) in [5, 5.41) is 18.0. The molecule has 0 bridgehead atoms. The van der Waals surface area contributed by atoms with Gasteiger partial charge in [0.15, 0.2) is 0 Å². The number of anilines is 1. The maximum atomic E-state index is 12.2. The molecule has 2 aromatic carbocycles. The summed E-state index contributed by atoms with van der Waals surface area (Å²) in [4.78, 5) is 26.8. The number of nitrogens with zero attached hydrogens (tertiary/aromatic N) is 3. The van der Waals surface area contributed by atoms with Crippen molar-refractivity contribution in [1.29, 1.82) is 0 Å². The van der Waals surface area contributed by atoms with Gasteiger partial charge in [0.25, 0.3) is 5.69 Å². The Morgan fingerprint density at radius 1 is 1.29 bits per heavy atom. The van der Waals surface area contributed by atoms with Gasteiger partial charge in [-0.05, 0) is 30.3 Å². The molecule has 0 fully saturated rings. The molecule has 0 aliphatic heterocycles. The molecule has 28 heavy (non-hydrogen) atoms. The number of carbonyl (C=O) groups excluding carboxylic acids is 1. The lowest BCUT2D eigenvalue weighted by Gasteiger charge is -2.09. The average molecular weight is 403 g/mol. The van der Waals surface area contributed by atoms with Gasteiger partial charge in [0, 0.05) is 35.6 Å². The van der Waals surface area contributed by atoms with Gasteiger partial charge in [-0.1, -0.05) is 16.8 Å². The number of nitrogens with one attached hydrogen (secondary N) is 1. The van der Waals surface area contributed by atoms with E-state index in [1.165, 1.54) is 25.3 Å². The van der Waals surface area contributed by atoms with Gasteiger partial charge >= 0.3 is 0 Å². The predicted molar refractivity (Wildman–Crippen MR) is 101 cm³/mol. The van der Waals surface area contributed by atoms with E-state index in [0.717, 1.165) is 5.56 Å². The lowest BCUT2D eigenvalue weighted by Crippen LogP contribution is -2.13. The molecule has 0 radical (unpaired) electrons. The number of hydrogen-bond acceptors (Lipinski definition) is 7. The Bertz CT molecular complexity index is 1000. The van der Waals surface area contributed by atoms with E-state index < -0.39 is 4.92 Å². The Hall–Kier alpha value is -3.46. The summed E-state index contributed by atoms with van der Waals surface area (Å²) in [6.07, 6.45) is 0.262. The molecule has 0 atom stereocenters. The number of methoxy groups -OCH3 is 1. The summed E-state index contributed by atoms with van der Waals surface area (Å²) >= 11 is 5.85. The molecule has 0 saturated carbocycles. The molecule has 3 aromatic rings. The minimum atomic E-state index is -0.550. The van der Waals surface area contributed by atoms with Crippen LogP contribution in [0.1, 0.15) is 12.3 Å². The van der Waals surface area contributed by atoms with E-state index in [0.29, 0.717) is 22.5 Å². The number of ether oxygens (including phenoxy) is 1. The zero-order valence-electron chi connectivity index (χ0n) is 14.7. The molecule has 1 amide bonds. The average Bonchev–Trinajstić information content (AvgIpc) is 3.16. The third-order valence-electron chi connectivity index (χ3n) is 3.80. The fraction of sp³-hybridized carbons (Fsp3) is 0.167. The quantitative estimate of drug-likeness (QED) is 0.470. The topological polar surface area (TPSA) is 120 Å². The molecule has 1 aromatic heterocycles. The van der Waals surface area contributed by atoms with Crippen molar-refractivity contribution >= 4 is 28.9 Å². The summed E-state index contributed by atoms with van der Waals surface area (Å²) in [5.41, 5.74) is 0.805. The van der Waals surface area contributed by atoms with Crippen LogP contribution in [-0.4, -0.2) is 28.1 Å². The van der Waals surface area contributed by atoms with E-state index in [1.54, 1.807) is 24.3 Å². The molecule has 0 aliphatic rings. The van der Waals surface area contributed by atoms with Crippen molar-refractivity contribution in [1.82, 2.24) is 10.1 Å². The molecular weight excluding hydrogens is 388 g/mol. The zero-order valence-corrected chi connectivity index (χ0v) is 15.5. The highest BCUT2D eigenvalue weighted by molar-refractivity contribution is 6.30. The number of hydrogen-bond donors (Lipinski definition) is 1. The van der Waals surface area contributed by atoms with Crippen molar-refractivity contribution in [3.05, 3.63) is 63.5 Å². The van der Waals surface area contributed by atoms with Gasteiger partial charge in [-0.25, -0.2) is 0 Å². The van der Waals surface area contributed by atoms with Crippen LogP contribution in [0.2, 0.25) is 5.02 Å². The monoisotopic (exact) mass is 402 g/mol. The molecular formula is C18H15ClN4O5. The molecule has 0 unspecified atom stereocenters. The van der Waals surface area contributed by atoms with Gasteiger partial charge in [0.05, 0.1) is 17.7 Å². The van der Waals surface area contributed by atoms with Crippen molar-refractivity contribution in [3.63, 3.8) is 0 Å². The summed E-state index contributed by atoms with van der Waals surface area (Å²) in [6, 6.07) is 10.9. The molecule has 0 aliphatic carbocycles. The Morgan fingerprint density at radius 2 is 2.04 bits per heavy atom. The normalized spacial score (nSPS) is 10.5. The van der Waals surface area contributed by atoms with E-state index in [9.17, 15) is 14.9 Å². The first-order valence-electron chi connectivity index (χ1n) is 8.17. The van der Waals surface area contributed by atoms with E-state index >= 15 is 0 Å². The number of nitro benzene ring substituents is 1. The predicted octanol–water partition coefficient (Wildman–Crippen LogP) is 3.88. The van der Waals surface area contributed by atoms with Crippen molar-refractivity contribution in [2.24, 2.45) is 0 Å². The molecule has 9 nitrogen and oxygen atoms in total. The Kier molecular flexibility index (Phi) is 5.85. The van der Waals surface area contributed by atoms with E-state index in [-0.39, 0.29) is 30.1 Å². The van der Waals surface area contributed by atoms with E-state index in [4.69, 9.17) is 20.9 Å². The Balaban J connectivity index is 1.63. The molecule has 144 valence electrons. The first-order valence-corrected chi connectivity index (χ1v) is 8.55. The molecule has 0 saturated heterocycles. The molecule has 10 heteroatoms. The number of aryl methyl sites for hydroxylation is 1. The highest BCUT2D eigenvalue weighted by Crippen LogP contribution is 2.29. The highest BCUT2D eigenvalue weighted by Gasteiger charge is 2.15. The van der Waals surface area contributed by atoms with Gasteiger partial charge in [-0.3, -0.25) is 14.9 Å². The van der Waals surface area contributed by atoms with Crippen LogP contribution in [0, 0.1) is 10.1 Å². The lowest BCUT2D eigenvalue weighted by atomic mass is 10.2. The smallest absolute Gasteiger partial charge is 0.271 e.